The molecule has 0 fully saturated rings. The molecule has 0 unspecified atom stereocenters. The maximum atomic E-state index is 11.6. The van der Waals surface area contributed by atoms with E-state index in [1.165, 1.54) is 0 Å². The predicted molar refractivity (Wildman–Crippen MR) is 95.5 cm³/mol. The number of benzene rings is 2. The van der Waals surface area contributed by atoms with Gasteiger partial charge < -0.3 is 14.6 Å². The minimum atomic E-state index is -0.967. The van der Waals surface area contributed by atoms with Gasteiger partial charge in [-0.1, -0.05) is 35.9 Å². The number of aryl methyl sites for hydroxylation is 1. The minimum absolute atomic E-state index is 0.238. The fraction of sp³-hybridized carbons (Fsp3) is 0.250. The highest BCUT2D eigenvalue weighted by Gasteiger charge is 2.12. The van der Waals surface area contributed by atoms with E-state index in [1.54, 1.807) is 18.2 Å². The molecule has 0 saturated heterocycles. The van der Waals surface area contributed by atoms with Gasteiger partial charge in [-0.2, -0.15) is 0 Å². The third-order valence-electron chi connectivity index (χ3n) is 3.47. The summed E-state index contributed by atoms with van der Waals surface area (Å²) in [5.74, 6) is 0.302. The molecule has 2 aromatic rings. The molecule has 0 aliphatic heterocycles. The van der Waals surface area contributed by atoms with Crippen LogP contribution in [0, 0.1) is 6.92 Å². The number of hydrogen-bond donors (Lipinski definition) is 1. The van der Waals surface area contributed by atoms with Crippen LogP contribution in [0.1, 0.15) is 30.5 Å². The number of aliphatic carboxylic acids is 1. The van der Waals surface area contributed by atoms with Gasteiger partial charge in [-0.05, 0) is 50.1 Å². The van der Waals surface area contributed by atoms with Crippen molar-refractivity contribution in [1.29, 1.82) is 0 Å². The molecule has 1 N–H and O–H groups in total. The van der Waals surface area contributed by atoms with Gasteiger partial charge in [-0.25, -0.2) is 4.79 Å². The molecule has 0 aliphatic carbocycles. The Kier molecular flexibility index (Phi) is 6.01. The van der Waals surface area contributed by atoms with Crippen molar-refractivity contribution in [1.82, 2.24) is 0 Å². The highest BCUT2D eigenvalue weighted by molar-refractivity contribution is 6.20. The van der Waals surface area contributed by atoms with Crippen molar-refractivity contribution in [2.75, 3.05) is 13.2 Å². The summed E-state index contributed by atoms with van der Waals surface area (Å²) in [5.41, 5.74) is 2.74. The fourth-order valence-corrected chi connectivity index (χ4v) is 2.33. The summed E-state index contributed by atoms with van der Waals surface area (Å²) in [6, 6.07) is 12.8. The quantitative estimate of drug-likeness (QED) is 0.604. The number of carbonyl (C=O) groups is 1. The Morgan fingerprint density at radius 3 is 2.21 bits per heavy atom. The highest BCUT2D eigenvalue weighted by atomic mass is 16.5. The first-order valence-corrected chi connectivity index (χ1v) is 7.96. The molecule has 0 spiro atoms. The lowest BCUT2D eigenvalue weighted by atomic mass is 10.0. The van der Waals surface area contributed by atoms with Crippen LogP contribution in [0.15, 0.2) is 42.5 Å². The number of ether oxygens (including phenoxy) is 2. The van der Waals surface area contributed by atoms with Crippen LogP contribution in [0.2, 0.25) is 0 Å². The smallest absolute Gasteiger partial charge is 0.336 e. The van der Waals surface area contributed by atoms with E-state index in [9.17, 15) is 9.90 Å². The van der Waals surface area contributed by atoms with Crippen LogP contribution in [0.5, 0.6) is 11.5 Å². The van der Waals surface area contributed by atoms with Crippen molar-refractivity contribution in [2.45, 2.75) is 20.8 Å². The molecule has 24 heavy (non-hydrogen) atoms. The zero-order valence-electron chi connectivity index (χ0n) is 14.2. The summed E-state index contributed by atoms with van der Waals surface area (Å²) in [6.07, 6.45) is 1.64. The predicted octanol–water partition coefficient (Wildman–Crippen LogP) is 4.42. The molecule has 2 rings (SSSR count). The molecule has 0 saturated carbocycles. The van der Waals surface area contributed by atoms with Crippen LogP contribution in [-0.2, 0) is 4.79 Å². The third kappa shape index (κ3) is 4.38. The number of hydrogen-bond acceptors (Lipinski definition) is 3. The number of carboxylic acids is 1. The first kappa shape index (κ1) is 17.6. The summed E-state index contributed by atoms with van der Waals surface area (Å²) < 4.78 is 11.1. The maximum absolute atomic E-state index is 11.6. The molecule has 0 heterocycles. The second-order valence-corrected chi connectivity index (χ2v) is 5.30. The van der Waals surface area contributed by atoms with Crippen LogP contribution in [-0.4, -0.2) is 24.3 Å². The van der Waals surface area contributed by atoms with Gasteiger partial charge in [0.05, 0.1) is 18.8 Å². The standard InChI is InChI=1S/C20H22O4/c1-4-23-18-11-8-15(13-19(18)24-5-2)12-17(20(21)22)16-9-6-14(3)7-10-16/h6-13H,4-5H2,1-3H3,(H,21,22)/b17-12-. The van der Waals surface area contributed by atoms with Gasteiger partial charge in [0.2, 0.25) is 0 Å². The van der Waals surface area contributed by atoms with Crippen molar-refractivity contribution in [2.24, 2.45) is 0 Å². The van der Waals surface area contributed by atoms with E-state index < -0.39 is 5.97 Å². The van der Waals surface area contributed by atoms with Crippen LogP contribution in [0.4, 0.5) is 0 Å². The van der Waals surface area contributed by atoms with Gasteiger partial charge in [-0.3, -0.25) is 0 Å². The van der Waals surface area contributed by atoms with Gasteiger partial charge in [0, 0.05) is 0 Å². The van der Waals surface area contributed by atoms with Crippen LogP contribution in [0.25, 0.3) is 11.6 Å². The monoisotopic (exact) mass is 326 g/mol. The Morgan fingerprint density at radius 1 is 1.00 bits per heavy atom. The SMILES string of the molecule is CCOc1ccc(/C=C(\C(=O)O)c2ccc(C)cc2)cc1OCC. The van der Waals surface area contributed by atoms with Crippen molar-refractivity contribution in [3.63, 3.8) is 0 Å². The van der Waals surface area contributed by atoms with Gasteiger partial charge in [0.25, 0.3) is 0 Å². The Hall–Kier alpha value is -2.75. The zero-order valence-corrected chi connectivity index (χ0v) is 14.2. The second kappa shape index (κ2) is 8.20. The molecule has 0 aliphatic rings. The number of carboxylic acid groups (broad SMARTS) is 1. The molecule has 4 nitrogen and oxygen atoms in total. The second-order valence-electron chi connectivity index (χ2n) is 5.30. The van der Waals surface area contributed by atoms with E-state index >= 15 is 0 Å². The van der Waals surface area contributed by atoms with E-state index in [1.807, 2.05) is 51.1 Å². The van der Waals surface area contributed by atoms with E-state index in [0.717, 1.165) is 11.1 Å². The molecular formula is C20H22O4. The molecule has 4 heteroatoms. The summed E-state index contributed by atoms with van der Waals surface area (Å²) >= 11 is 0. The maximum Gasteiger partial charge on any atom is 0.336 e. The van der Waals surface area contributed by atoms with Gasteiger partial charge in [0.15, 0.2) is 11.5 Å². The largest absolute Gasteiger partial charge is 0.490 e. The highest BCUT2D eigenvalue weighted by Crippen LogP contribution is 2.30. The van der Waals surface area contributed by atoms with Gasteiger partial charge in [-0.15, -0.1) is 0 Å². The first-order valence-electron chi connectivity index (χ1n) is 7.96. The van der Waals surface area contributed by atoms with Crippen LogP contribution in [0.3, 0.4) is 0 Å². The summed E-state index contributed by atoms with van der Waals surface area (Å²) in [6.45, 7) is 6.82. The summed E-state index contributed by atoms with van der Waals surface area (Å²) in [5, 5.41) is 9.54. The Balaban J connectivity index is 2.43. The molecule has 126 valence electrons. The first-order chi connectivity index (χ1) is 11.5. The Labute approximate surface area is 142 Å². The Morgan fingerprint density at radius 2 is 1.62 bits per heavy atom. The van der Waals surface area contributed by atoms with Crippen LogP contribution < -0.4 is 9.47 Å². The van der Waals surface area contributed by atoms with E-state index in [0.29, 0.717) is 30.3 Å². The molecule has 0 atom stereocenters. The van der Waals surface area contributed by atoms with E-state index in [2.05, 4.69) is 0 Å². The Bertz CT molecular complexity index is 730. The summed E-state index contributed by atoms with van der Waals surface area (Å²) in [7, 11) is 0. The average Bonchev–Trinajstić information content (AvgIpc) is 2.56. The molecule has 0 bridgehead atoms. The average molecular weight is 326 g/mol. The van der Waals surface area contributed by atoms with Gasteiger partial charge in [0.1, 0.15) is 0 Å². The lowest BCUT2D eigenvalue weighted by molar-refractivity contribution is -0.130. The summed E-state index contributed by atoms with van der Waals surface area (Å²) in [4.78, 5) is 11.6. The van der Waals surface area contributed by atoms with Crippen molar-refractivity contribution < 1.29 is 19.4 Å². The fourth-order valence-electron chi connectivity index (χ4n) is 2.33. The van der Waals surface area contributed by atoms with Crippen molar-refractivity contribution in [3.8, 4) is 11.5 Å². The lowest BCUT2D eigenvalue weighted by Crippen LogP contribution is -2.01. The molecule has 2 aromatic carbocycles. The third-order valence-corrected chi connectivity index (χ3v) is 3.47. The van der Waals surface area contributed by atoms with Crippen molar-refractivity contribution >= 4 is 17.6 Å². The minimum Gasteiger partial charge on any atom is -0.490 e. The van der Waals surface area contributed by atoms with E-state index in [-0.39, 0.29) is 5.57 Å². The van der Waals surface area contributed by atoms with Crippen molar-refractivity contribution in [3.05, 3.63) is 59.2 Å². The lowest BCUT2D eigenvalue weighted by Gasteiger charge is -2.12. The van der Waals surface area contributed by atoms with E-state index in [4.69, 9.17) is 9.47 Å². The van der Waals surface area contributed by atoms with Crippen LogP contribution >= 0.6 is 0 Å². The normalized spacial score (nSPS) is 11.2. The topological polar surface area (TPSA) is 55.8 Å². The van der Waals surface area contributed by atoms with Gasteiger partial charge >= 0.3 is 5.97 Å². The molecular weight excluding hydrogens is 304 g/mol. The molecule has 0 aromatic heterocycles. The zero-order chi connectivity index (χ0) is 17.5. The molecule has 0 radical (unpaired) electrons. The number of rotatable bonds is 7. The molecule has 0 amide bonds.